The highest BCUT2D eigenvalue weighted by molar-refractivity contribution is 6.32. The van der Waals surface area contributed by atoms with Crippen LogP contribution in [0.5, 0.6) is 5.75 Å². The third-order valence-corrected chi connectivity index (χ3v) is 3.17. The molecule has 2 aromatic carbocycles. The molecule has 0 radical (unpaired) electrons. The van der Waals surface area contributed by atoms with E-state index in [0.717, 1.165) is 12.3 Å². The fourth-order valence-electron chi connectivity index (χ4n) is 1.78. The third kappa shape index (κ3) is 4.99. The highest BCUT2D eigenvalue weighted by Crippen LogP contribution is 2.31. The van der Waals surface area contributed by atoms with Crippen molar-refractivity contribution in [1.29, 1.82) is 0 Å². The Morgan fingerprint density at radius 3 is 2.54 bits per heavy atom. The number of halogens is 4. The molecule has 2 rings (SSSR count). The number of rotatable bonds is 5. The average Bonchev–Trinajstić information content (AvgIpc) is 2.53. The molecule has 1 amide bonds. The van der Waals surface area contributed by atoms with Crippen molar-refractivity contribution in [1.82, 2.24) is 5.43 Å². The predicted octanol–water partition coefficient (Wildman–Crippen LogP) is 3.89. The Kier molecular flexibility index (Phi) is 5.81. The molecule has 0 aliphatic heterocycles. The van der Waals surface area contributed by atoms with Crippen LogP contribution < -0.4 is 10.2 Å². The van der Waals surface area contributed by atoms with E-state index in [4.69, 9.17) is 16.3 Å². The molecule has 8 heteroatoms. The lowest BCUT2D eigenvalue weighted by Gasteiger charge is -2.09. The molecular weight excluding hydrogens is 345 g/mol. The first kappa shape index (κ1) is 17.8. The summed E-state index contributed by atoms with van der Waals surface area (Å²) < 4.78 is 43.6. The molecule has 0 aromatic heterocycles. The largest absolute Gasteiger partial charge is 0.482 e. The second kappa shape index (κ2) is 7.83. The summed E-state index contributed by atoms with van der Waals surface area (Å²) in [6.45, 7) is -0.373. The van der Waals surface area contributed by atoms with E-state index < -0.39 is 17.6 Å². The van der Waals surface area contributed by atoms with E-state index in [-0.39, 0.29) is 12.2 Å². The fourth-order valence-corrected chi connectivity index (χ4v) is 1.97. The Bertz CT molecular complexity index is 748. The smallest absolute Gasteiger partial charge is 0.417 e. The summed E-state index contributed by atoms with van der Waals surface area (Å²) in [5.41, 5.74) is 1.10. The van der Waals surface area contributed by atoms with Crippen LogP contribution in [0.4, 0.5) is 13.2 Å². The van der Waals surface area contributed by atoms with Crippen LogP contribution >= 0.6 is 11.6 Å². The zero-order valence-corrected chi connectivity index (χ0v) is 12.9. The van der Waals surface area contributed by atoms with Crippen molar-refractivity contribution in [3.05, 3.63) is 64.7 Å². The second-order valence-corrected chi connectivity index (χ2v) is 5.00. The van der Waals surface area contributed by atoms with E-state index >= 15 is 0 Å². The first-order chi connectivity index (χ1) is 11.4. The molecule has 0 unspecified atom stereocenters. The van der Waals surface area contributed by atoms with Crippen LogP contribution in [-0.2, 0) is 11.0 Å². The Hall–Kier alpha value is -2.54. The van der Waals surface area contributed by atoms with Crippen molar-refractivity contribution in [3.63, 3.8) is 0 Å². The van der Waals surface area contributed by atoms with E-state index in [1.165, 1.54) is 18.2 Å². The quantitative estimate of drug-likeness (QED) is 0.652. The van der Waals surface area contributed by atoms with Crippen LogP contribution in [0.15, 0.2) is 53.6 Å². The van der Waals surface area contributed by atoms with Gasteiger partial charge in [0.25, 0.3) is 5.91 Å². The first-order valence-electron chi connectivity index (χ1n) is 6.73. The maximum atomic E-state index is 12.8. The van der Waals surface area contributed by atoms with Gasteiger partial charge in [-0.25, -0.2) is 5.43 Å². The number of para-hydroxylation sites is 1. The number of carbonyl (C=O) groups is 1. The number of nitrogens with zero attached hydrogens (tertiary/aromatic N) is 1. The van der Waals surface area contributed by atoms with Gasteiger partial charge >= 0.3 is 6.18 Å². The summed E-state index contributed by atoms with van der Waals surface area (Å²) in [4.78, 5) is 11.6. The molecule has 0 aliphatic carbocycles. The van der Waals surface area contributed by atoms with Gasteiger partial charge in [-0.3, -0.25) is 4.79 Å². The number of nitrogens with one attached hydrogen (secondary N) is 1. The number of hydrogen-bond donors (Lipinski definition) is 1. The predicted molar refractivity (Wildman–Crippen MR) is 84.1 cm³/mol. The van der Waals surface area contributed by atoms with Crippen LogP contribution in [0.1, 0.15) is 11.1 Å². The van der Waals surface area contributed by atoms with Gasteiger partial charge in [-0.2, -0.15) is 18.3 Å². The molecule has 0 fully saturated rings. The standard InChI is InChI=1S/C16H12ClF3N2O2/c17-13-7-3-4-8-14(13)24-10-15(23)22-21-9-11-5-1-2-6-12(11)16(18,19)20/h1-9H,10H2,(H,22,23)/b21-9-. The molecule has 126 valence electrons. The monoisotopic (exact) mass is 356 g/mol. The molecule has 0 bridgehead atoms. The van der Waals surface area contributed by atoms with Gasteiger partial charge in [0.2, 0.25) is 0 Å². The minimum Gasteiger partial charge on any atom is -0.482 e. The van der Waals surface area contributed by atoms with Gasteiger partial charge < -0.3 is 4.74 Å². The van der Waals surface area contributed by atoms with Crippen LogP contribution in [0, 0.1) is 0 Å². The maximum Gasteiger partial charge on any atom is 0.417 e. The summed E-state index contributed by atoms with van der Waals surface area (Å²) in [6.07, 6.45) is -3.57. The van der Waals surface area contributed by atoms with Gasteiger partial charge in [0, 0.05) is 5.56 Å². The number of hydrogen-bond acceptors (Lipinski definition) is 3. The van der Waals surface area contributed by atoms with Gasteiger partial charge in [-0.1, -0.05) is 41.9 Å². The molecule has 0 saturated carbocycles. The van der Waals surface area contributed by atoms with Crippen LogP contribution in [-0.4, -0.2) is 18.7 Å². The summed E-state index contributed by atoms with van der Waals surface area (Å²) in [7, 11) is 0. The van der Waals surface area contributed by atoms with E-state index in [0.29, 0.717) is 10.8 Å². The third-order valence-electron chi connectivity index (χ3n) is 2.85. The Morgan fingerprint density at radius 2 is 1.83 bits per heavy atom. The molecule has 2 aromatic rings. The zero-order valence-electron chi connectivity index (χ0n) is 12.2. The number of carbonyl (C=O) groups excluding carboxylic acids is 1. The summed E-state index contributed by atoms with van der Waals surface area (Å²) in [5, 5.41) is 3.85. The van der Waals surface area contributed by atoms with E-state index in [1.54, 1.807) is 24.3 Å². The van der Waals surface area contributed by atoms with E-state index in [9.17, 15) is 18.0 Å². The van der Waals surface area contributed by atoms with Crippen molar-refractivity contribution in [2.75, 3.05) is 6.61 Å². The molecule has 1 N–H and O–H groups in total. The molecule has 0 saturated heterocycles. The number of hydrazone groups is 1. The number of ether oxygens (including phenoxy) is 1. The van der Waals surface area contributed by atoms with Gasteiger partial charge in [0.1, 0.15) is 5.75 Å². The van der Waals surface area contributed by atoms with Crippen molar-refractivity contribution in [2.24, 2.45) is 5.10 Å². The van der Waals surface area contributed by atoms with Gasteiger partial charge in [-0.05, 0) is 18.2 Å². The minimum atomic E-state index is -4.50. The lowest BCUT2D eigenvalue weighted by molar-refractivity contribution is -0.137. The normalized spacial score (nSPS) is 11.5. The van der Waals surface area contributed by atoms with Crippen molar-refractivity contribution < 1.29 is 22.7 Å². The van der Waals surface area contributed by atoms with Gasteiger partial charge in [0.05, 0.1) is 16.8 Å². The lowest BCUT2D eigenvalue weighted by Crippen LogP contribution is -2.24. The molecule has 0 atom stereocenters. The van der Waals surface area contributed by atoms with Crippen LogP contribution in [0.3, 0.4) is 0 Å². The number of alkyl halides is 3. The fraction of sp³-hybridized carbons (Fsp3) is 0.125. The van der Waals surface area contributed by atoms with Crippen molar-refractivity contribution in [3.8, 4) is 5.75 Å². The molecule has 0 aliphatic rings. The molecule has 0 heterocycles. The minimum absolute atomic E-state index is 0.155. The highest BCUT2D eigenvalue weighted by atomic mass is 35.5. The Balaban J connectivity index is 1.93. The van der Waals surface area contributed by atoms with E-state index in [1.807, 2.05) is 0 Å². The van der Waals surface area contributed by atoms with Crippen LogP contribution in [0.2, 0.25) is 5.02 Å². The Morgan fingerprint density at radius 1 is 1.17 bits per heavy atom. The lowest BCUT2D eigenvalue weighted by atomic mass is 10.1. The first-order valence-corrected chi connectivity index (χ1v) is 7.11. The van der Waals surface area contributed by atoms with Crippen LogP contribution in [0.25, 0.3) is 0 Å². The molecule has 24 heavy (non-hydrogen) atoms. The van der Waals surface area contributed by atoms with Crippen molar-refractivity contribution >= 4 is 23.7 Å². The molecular formula is C16H12ClF3N2O2. The SMILES string of the molecule is O=C(COc1ccccc1Cl)N/N=C\c1ccccc1C(F)(F)F. The summed E-state index contributed by atoms with van der Waals surface area (Å²) in [6, 6.07) is 11.5. The molecule has 4 nitrogen and oxygen atoms in total. The maximum absolute atomic E-state index is 12.8. The molecule has 0 spiro atoms. The van der Waals surface area contributed by atoms with Gasteiger partial charge in [0.15, 0.2) is 6.61 Å². The number of benzene rings is 2. The van der Waals surface area contributed by atoms with Gasteiger partial charge in [-0.15, -0.1) is 0 Å². The Labute approximate surface area is 140 Å². The topological polar surface area (TPSA) is 50.7 Å². The summed E-state index contributed by atoms with van der Waals surface area (Å²) in [5.74, 6) is -0.309. The van der Waals surface area contributed by atoms with E-state index in [2.05, 4.69) is 10.5 Å². The highest BCUT2D eigenvalue weighted by Gasteiger charge is 2.32. The van der Waals surface area contributed by atoms with Crippen molar-refractivity contribution in [2.45, 2.75) is 6.18 Å². The summed E-state index contributed by atoms with van der Waals surface area (Å²) >= 11 is 5.86. The average molecular weight is 357 g/mol. The number of amides is 1. The second-order valence-electron chi connectivity index (χ2n) is 4.60. The zero-order chi connectivity index (χ0) is 17.6.